The Morgan fingerprint density at radius 3 is 2.20 bits per heavy atom. The maximum atomic E-state index is 12.0. The fraction of sp³-hybridized carbons (Fsp3) is 0.581. The number of H-pyrrole nitrogens is 1. The molecule has 1 N–H and O–H groups in total. The molecular formula is C31H49N7O2. The van der Waals surface area contributed by atoms with Crippen LogP contribution in [0.25, 0.3) is 0 Å². The van der Waals surface area contributed by atoms with E-state index in [1.165, 1.54) is 56.4 Å². The minimum Gasteiger partial charge on any atom is -0.465 e. The maximum absolute atomic E-state index is 12.0. The molecule has 0 fully saturated rings. The number of esters is 1. The molecule has 9 heteroatoms. The molecule has 0 saturated carbocycles. The quantitative estimate of drug-likeness (QED) is 0.161. The number of aromatic amines is 1. The number of carbonyl (C=O) groups is 1. The van der Waals surface area contributed by atoms with Gasteiger partial charge in [0.1, 0.15) is 18.2 Å². The predicted molar refractivity (Wildman–Crippen MR) is 159 cm³/mol. The second-order valence-electron chi connectivity index (χ2n) is 10.6. The van der Waals surface area contributed by atoms with Gasteiger partial charge in [0.05, 0.1) is 19.7 Å². The average Bonchev–Trinajstić information content (AvgIpc) is 3.60. The number of aromatic nitrogens is 4. The molecule has 0 bridgehead atoms. The van der Waals surface area contributed by atoms with Gasteiger partial charge < -0.3 is 24.1 Å². The first-order valence-corrected chi connectivity index (χ1v) is 14.9. The summed E-state index contributed by atoms with van der Waals surface area (Å²) in [5.41, 5.74) is 2.56. The van der Waals surface area contributed by atoms with Crippen LogP contribution in [0.5, 0.6) is 0 Å². The van der Waals surface area contributed by atoms with E-state index < -0.39 is 0 Å². The number of ether oxygens (including phenoxy) is 1. The van der Waals surface area contributed by atoms with Crippen LogP contribution >= 0.6 is 0 Å². The summed E-state index contributed by atoms with van der Waals surface area (Å²) in [5.74, 6) is 1.47. The van der Waals surface area contributed by atoms with Crippen LogP contribution < -0.4 is 0 Å². The molecule has 0 spiro atoms. The minimum absolute atomic E-state index is 0.162. The molecule has 0 saturated heterocycles. The number of nitrogens with one attached hydrogen (secondary N) is 1. The number of nitrogens with zero attached hydrogens (tertiary/aromatic N) is 6. The molecule has 220 valence electrons. The third-order valence-electron chi connectivity index (χ3n) is 6.93. The average molecular weight is 552 g/mol. The molecule has 0 aliphatic rings. The van der Waals surface area contributed by atoms with Gasteiger partial charge in [-0.25, -0.2) is 9.97 Å². The first-order valence-electron chi connectivity index (χ1n) is 14.9. The lowest BCUT2D eigenvalue weighted by Gasteiger charge is -2.23. The summed E-state index contributed by atoms with van der Waals surface area (Å²) in [6.45, 7) is 14.6. The lowest BCUT2D eigenvalue weighted by molar-refractivity contribution is -0.143. The van der Waals surface area contributed by atoms with Crippen molar-refractivity contribution in [3.05, 3.63) is 71.8 Å². The molecule has 0 unspecified atom stereocenters. The molecule has 2 heterocycles. The first-order chi connectivity index (χ1) is 19.5. The summed E-state index contributed by atoms with van der Waals surface area (Å²) in [6.07, 6.45) is 12.1. The number of benzene rings is 1. The van der Waals surface area contributed by atoms with E-state index >= 15 is 0 Å². The van der Waals surface area contributed by atoms with Gasteiger partial charge in [0.2, 0.25) is 0 Å². The highest BCUT2D eigenvalue weighted by Crippen LogP contribution is 2.14. The second kappa shape index (κ2) is 17.6. The van der Waals surface area contributed by atoms with Gasteiger partial charge in [-0.05, 0) is 77.0 Å². The van der Waals surface area contributed by atoms with Crippen molar-refractivity contribution in [2.45, 2.75) is 79.2 Å². The van der Waals surface area contributed by atoms with Gasteiger partial charge in [-0.2, -0.15) is 0 Å². The van der Waals surface area contributed by atoms with Crippen molar-refractivity contribution in [2.24, 2.45) is 0 Å². The highest BCUT2D eigenvalue weighted by molar-refractivity contribution is 5.69. The van der Waals surface area contributed by atoms with E-state index in [2.05, 4.69) is 74.8 Å². The Hall–Kier alpha value is -3.01. The monoisotopic (exact) mass is 551 g/mol. The number of unbranched alkanes of at least 4 members (excludes halogenated alkanes) is 1. The van der Waals surface area contributed by atoms with Crippen molar-refractivity contribution >= 4 is 5.97 Å². The molecule has 0 amide bonds. The Kier molecular flexibility index (Phi) is 13.9. The number of carbonyl (C=O) groups excluding carboxylic acids is 1. The van der Waals surface area contributed by atoms with Crippen molar-refractivity contribution in [1.82, 2.24) is 34.2 Å². The zero-order chi connectivity index (χ0) is 28.6. The van der Waals surface area contributed by atoms with E-state index in [1.54, 1.807) is 12.4 Å². The molecule has 9 nitrogen and oxygen atoms in total. The van der Waals surface area contributed by atoms with Crippen LogP contribution in [0.3, 0.4) is 0 Å². The Labute approximate surface area is 240 Å². The SMILES string of the molecule is CCCN(CCC)CCCCN(C)Cc1ccc(CN(Cc2ncc[nH]2)Cc2nccn2CC(=O)OCC)cc1. The molecule has 3 rings (SSSR count). The lowest BCUT2D eigenvalue weighted by Crippen LogP contribution is -2.27. The summed E-state index contributed by atoms with van der Waals surface area (Å²) in [5, 5.41) is 0. The van der Waals surface area contributed by atoms with Crippen molar-refractivity contribution in [2.75, 3.05) is 39.8 Å². The summed E-state index contributed by atoms with van der Waals surface area (Å²) >= 11 is 0. The molecule has 0 aliphatic carbocycles. The smallest absolute Gasteiger partial charge is 0.325 e. The molecule has 1 aromatic carbocycles. The van der Waals surface area contributed by atoms with Crippen molar-refractivity contribution in [3.8, 4) is 0 Å². The Morgan fingerprint density at radius 2 is 1.55 bits per heavy atom. The lowest BCUT2D eigenvalue weighted by atomic mass is 10.1. The zero-order valence-corrected chi connectivity index (χ0v) is 25.0. The summed E-state index contributed by atoms with van der Waals surface area (Å²) in [7, 11) is 2.22. The first kappa shape index (κ1) is 31.5. The molecule has 0 aliphatic heterocycles. The van der Waals surface area contributed by atoms with Gasteiger partial charge in [0.25, 0.3) is 0 Å². The molecule has 3 aromatic rings. The number of hydrogen-bond donors (Lipinski definition) is 1. The molecular weight excluding hydrogens is 502 g/mol. The molecule has 0 atom stereocenters. The number of rotatable bonds is 20. The van der Waals surface area contributed by atoms with Gasteiger partial charge in [-0.15, -0.1) is 0 Å². The normalized spacial score (nSPS) is 11.7. The summed E-state index contributed by atoms with van der Waals surface area (Å²) in [4.78, 5) is 31.5. The topological polar surface area (TPSA) is 82.5 Å². The standard InChI is InChI=1S/C31H49N7O2/c1-5-17-36(18-6-2)20-9-8-19-35(4)22-27-10-12-28(13-11-27)23-37(24-29-32-14-15-33-29)25-30-34-16-21-38(30)26-31(39)40-7-3/h10-16,21H,5-9,17-20,22-26H2,1-4H3,(H,32,33). The van der Waals surface area contributed by atoms with Crippen LogP contribution in [0.4, 0.5) is 0 Å². The van der Waals surface area contributed by atoms with Crippen molar-refractivity contribution < 1.29 is 9.53 Å². The van der Waals surface area contributed by atoms with Crippen molar-refractivity contribution in [1.29, 1.82) is 0 Å². The fourth-order valence-corrected chi connectivity index (χ4v) is 5.03. The molecule has 0 radical (unpaired) electrons. The highest BCUT2D eigenvalue weighted by Gasteiger charge is 2.15. The van der Waals surface area contributed by atoms with Crippen LogP contribution in [0, 0.1) is 0 Å². The Morgan fingerprint density at radius 1 is 0.850 bits per heavy atom. The van der Waals surface area contributed by atoms with Crippen molar-refractivity contribution in [3.63, 3.8) is 0 Å². The van der Waals surface area contributed by atoms with E-state index in [-0.39, 0.29) is 12.5 Å². The van der Waals surface area contributed by atoms with E-state index in [1.807, 2.05) is 23.9 Å². The van der Waals surface area contributed by atoms with E-state index in [0.717, 1.165) is 31.3 Å². The zero-order valence-electron chi connectivity index (χ0n) is 25.0. The van der Waals surface area contributed by atoms with Crippen LogP contribution in [0.15, 0.2) is 49.1 Å². The largest absolute Gasteiger partial charge is 0.465 e. The Bertz CT molecular complexity index is 1080. The van der Waals surface area contributed by atoms with Gasteiger partial charge in [-0.1, -0.05) is 38.1 Å². The number of imidazole rings is 2. The van der Waals surface area contributed by atoms with Crippen LogP contribution in [0.1, 0.15) is 69.2 Å². The van der Waals surface area contributed by atoms with E-state index in [4.69, 9.17) is 4.74 Å². The highest BCUT2D eigenvalue weighted by atomic mass is 16.5. The van der Waals surface area contributed by atoms with Crippen LogP contribution in [-0.4, -0.2) is 80.0 Å². The van der Waals surface area contributed by atoms with Gasteiger partial charge in [0, 0.05) is 37.9 Å². The Balaban J connectivity index is 1.53. The number of hydrogen-bond acceptors (Lipinski definition) is 7. The van der Waals surface area contributed by atoms with Gasteiger partial charge >= 0.3 is 5.97 Å². The van der Waals surface area contributed by atoms with Gasteiger partial charge in [-0.3, -0.25) is 9.69 Å². The molecule has 40 heavy (non-hydrogen) atoms. The third kappa shape index (κ3) is 11.2. The van der Waals surface area contributed by atoms with E-state index in [0.29, 0.717) is 19.7 Å². The summed E-state index contributed by atoms with van der Waals surface area (Å²) < 4.78 is 6.99. The van der Waals surface area contributed by atoms with E-state index in [9.17, 15) is 4.79 Å². The minimum atomic E-state index is -0.255. The summed E-state index contributed by atoms with van der Waals surface area (Å²) in [6, 6.07) is 8.92. The second-order valence-corrected chi connectivity index (χ2v) is 10.6. The fourth-order valence-electron chi connectivity index (χ4n) is 5.03. The third-order valence-corrected chi connectivity index (χ3v) is 6.93. The van der Waals surface area contributed by atoms with Crippen LogP contribution in [0.2, 0.25) is 0 Å². The van der Waals surface area contributed by atoms with Crippen LogP contribution in [-0.2, 0) is 42.3 Å². The molecule has 2 aromatic heterocycles. The maximum Gasteiger partial charge on any atom is 0.325 e. The predicted octanol–water partition coefficient (Wildman–Crippen LogP) is 4.71. The van der Waals surface area contributed by atoms with Gasteiger partial charge in [0.15, 0.2) is 0 Å².